The van der Waals surface area contributed by atoms with Crippen LogP contribution in [0.3, 0.4) is 0 Å². The molecule has 0 aliphatic heterocycles. The molecule has 0 amide bonds. The van der Waals surface area contributed by atoms with Crippen LogP contribution in [0.4, 0.5) is 28.4 Å². The highest BCUT2D eigenvalue weighted by Crippen LogP contribution is 2.42. The smallest absolute Gasteiger partial charge is 0.311 e. The lowest BCUT2D eigenvalue weighted by atomic mass is 9.95. The predicted octanol–water partition coefficient (Wildman–Crippen LogP) is 10.5. The standard InChI is InChI=1S/C17H19N5O3S.C17H20N4OS.C16H17N5O3S/c1-20(2)14-11(22(24)25)8-18-16-12(14)13-15(26-16)17(23)21(9-19-13)10-6-4-3-5-7-10;1-20(2)12-8-9-18-16-13(12)14-15(23-16)17(22)21(10-19-14)11-6-4-3-5-7-11;1-17-12-10(21(23)24)7-18-15-11(12)13-14(25-15)16(22)20(8-19-13)9-5-3-2-4-6-9/h8-10H,3-7H2,1-2H3;8-11H,3-7H2,1-2H3;7-9H,2-6H2,1H3,(H,17,18). The lowest BCUT2D eigenvalue weighted by molar-refractivity contribution is -0.384. The maximum atomic E-state index is 13.1. The van der Waals surface area contributed by atoms with E-state index >= 15 is 0 Å². The molecule has 0 aromatic carbocycles. The van der Waals surface area contributed by atoms with E-state index in [1.165, 1.54) is 78.5 Å². The fourth-order valence-electron chi connectivity index (χ4n) is 10.9. The summed E-state index contributed by atoms with van der Waals surface area (Å²) >= 11 is 3.97. The molecule has 0 saturated heterocycles. The second-order valence-electron chi connectivity index (χ2n) is 19.5. The van der Waals surface area contributed by atoms with Gasteiger partial charge in [-0.05, 0) is 44.6 Å². The molecule has 74 heavy (non-hydrogen) atoms. The molecule has 3 aliphatic carbocycles. The van der Waals surface area contributed by atoms with Crippen molar-refractivity contribution in [2.75, 3.05) is 50.4 Å². The van der Waals surface area contributed by atoms with Gasteiger partial charge in [-0.1, -0.05) is 57.8 Å². The molecule has 3 saturated carbocycles. The zero-order valence-electron chi connectivity index (χ0n) is 41.8. The van der Waals surface area contributed by atoms with E-state index in [-0.39, 0.29) is 40.1 Å². The first-order valence-electron chi connectivity index (χ1n) is 25.0. The van der Waals surface area contributed by atoms with Gasteiger partial charge in [0.05, 0.1) is 56.2 Å². The maximum Gasteiger partial charge on any atom is 0.311 e. The van der Waals surface area contributed by atoms with Gasteiger partial charge in [-0.25, -0.2) is 29.9 Å². The normalized spacial score (nSPS) is 15.9. The summed E-state index contributed by atoms with van der Waals surface area (Å²) in [6, 6.07) is 2.66. The Morgan fingerprint density at radius 1 is 0.541 bits per heavy atom. The average molecular weight is 1060 g/mol. The molecule has 0 unspecified atom stereocenters. The van der Waals surface area contributed by atoms with Crippen LogP contribution in [-0.4, -0.2) is 88.7 Å². The van der Waals surface area contributed by atoms with Gasteiger partial charge in [0, 0.05) is 59.6 Å². The maximum absolute atomic E-state index is 13.1. The molecule has 3 aliphatic rings. The van der Waals surface area contributed by atoms with Gasteiger partial charge in [-0.3, -0.25) is 48.3 Å². The van der Waals surface area contributed by atoms with E-state index in [4.69, 9.17) is 0 Å². The van der Waals surface area contributed by atoms with E-state index in [0.717, 1.165) is 90.3 Å². The molecule has 386 valence electrons. The first-order valence-corrected chi connectivity index (χ1v) is 27.5. The Bertz CT molecular complexity index is 3800. The number of nitrogens with zero attached hydrogens (tertiary/aromatic N) is 13. The second-order valence-corrected chi connectivity index (χ2v) is 22.5. The monoisotopic (exact) mass is 1060 g/mol. The van der Waals surface area contributed by atoms with Crippen LogP contribution in [0.15, 0.2) is 58.0 Å². The first kappa shape index (κ1) is 50.5. The molecule has 0 atom stereocenters. The molecule has 0 bridgehead atoms. The van der Waals surface area contributed by atoms with E-state index in [0.29, 0.717) is 58.3 Å². The third-order valence-electron chi connectivity index (χ3n) is 14.6. The molecular formula is C50H56N14O7S3. The van der Waals surface area contributed by atoms with Crippen LogP contribution in [0.1, 0.15) is 114 Å². The molecule has 9 aromatic heterocycles. The Hall–Kier alpha value is -7.05. The Kier molecular flexibility index (Phi) is 14.4. The van der Waals surface area contributed by atoms with Crippen molar-refractivity contribution < 1.29 is 9.85 Å². The summed E-state index contributed by atoms with van der Waals surface area (Å²) < 4.78 is 7.07. The number of rotatable bonds is 8. The van der Waals surface area contributed by atoms with Gasteiger partial charge in [0.1, 0.15) is 63.4 Å². The van der Waals surface area contributed by atoms with Gasteiger partial charge in [-0.15, -0.1) is 34.0 Å². The number of anilines is 3. The summed E-state index contributed by atoms with van der Waals surface area (Å²) in [7, 11) is 9.11. The molecule has 12 rings (SSSR count). The minimum absolute atomic E-state index is 0.0720. The molecule has 24 heteroatoms. The van der Waals surface area contributed by atoms with Crippen LogP contribution in [-0.2, 0) is 0 Å². The number of hydrogen-bond donors (Lipinski definition) is 1. The molecule has 0 spiro atoms. The highest BCUT2D eigenvalue weighted by molar-refractivity contribution is 7.26. The predicted molar refractivity (Wildman–Crippen MR) is 295 cm³/mol. The molecule has 0 radical (unpaired) electrons. The summed E-state index contributed by atoms with van der Waals surface area (Å²) in [4.78, 5) is 93.0. The number of fused-ring (bicyclic) bond motifs is 9. The SMILES string of the molecule is CN(C)c1c([N+](=O)[O-])cnc2sc3c(=O)n(C4CCCCC4)cnc3c12.CN(C)c1ccnc2sc3c(=O)n(C4CCCCC4)cnc3c12.CNc1c([N+](=O)[O-])cnc2sc3c(=O)n(C4CCCCC4)cnc3c12. The zero-order valence-corrected chi connectivity index (χ0v) is 44.2. The Morgan fingerprint density at radius 2 is 0.932 bits per heavy atom. The summed E-state index contributed by atoms with van der Waals surface area (Å²) in [5.41, 5.74) is 3.36. The number of pyridine rings is 3. The fourth-order valence-corrected chi connectivity index (χ4v) is 14.1. The lowest BCUT2D eigenvalue weighted by Gasteiger charge is -2.23. The largest absolute Gasteiger partial charge is 0.382 e. The highest BCUT2D eigenvalue weighted by Gasteiger charge is 2.28. The van der Waals surface area contributed by atoms with Crippen molar-refractivity contribution in [1.82, 2.24) is 43.6 Å². The van der Waals surface area contributed by atoms with E-state index in [9.17, 15) is 34.6 Å². The summed E-state index contributed by atoms with van der Waals surface area (Å²) in [5.74, 6) is 0. The summed E-state index contributed by atoms with van der Waals surface area (Å²) in [6.45, 7) is 0. The van der Waals surface area contributed by atoms with Crippen molar-refractivity contribution in [3.8, 4) is 0 Å². The van der Waals surface area contributed by atoms with Gasteiger partial charge in [0.15, 0.2) is 0 Å². The Balaban J connectivity index is 0.000000127. The molecule has 9 heterocycles. The number of hydrogen-bond acceptors (Lipinski definition) is 19. The number of nitro groups is 2. The van der Waals surface area contributed by atoms with Crippen molar-refractivity contribution in [2.45, 2.75) is 114 Å². The van der Waals surface area contributed by atoms with Gasteiger partial charge < -0.3 is 15.1 Å². The van der Waals surface area contributed by atoms with Crippen LogP contribution in [0, 0.1) is 20.2 Å². The van der Waals surface area contributed by atoms with Crippen LogP contribution >= 0.6 is 34.0 Å². The third-order valence-corrected chi connectivity index (χ3v) is 17.8. The van der Waals surface area contributed by atoms with Crippen molar-refractivity contribution in [2.24, 2.45) is 0 Å². The van der Waals surface area contributed by atoms with Gasteiger partial charge >= 0.3 is 11.4 Å². The van der Waals surface area contributed by atoms with Crippen molar-refractivity contribution in [1.29, 1.82) is 0 Å². The van der Waals surface area contributed by atoms with E-state index in [2.05, 4.69) is 35.2 Å². The number of aromatic nitrogens is 9. The Morgan fingerprint density at radius 3 is 1.34 bits per heavy atom. The van der Waals surface area contributed by atoms with Crippen molar-refractivity contribution >= 4 is 124 Å². The Labute approximate surface area is 434 Å². The minimum atomic E-state index is -0.481. The number of nitrogens with one attached hydrogen (secondary N) is 1. The van der Waals surface area contributed by atoms with Crippen molar-refractivity contribution in [3.63, 3.8) is 0 Å². The van der Waals surface area contributed by atoms with Crippen LogP contribution in [0.2, 0.25) is 0 Å². The topological polar surface area (TPSA) is 248 Å². The molecule has 3 fully saturated rings. The molecular weight excluding hydrogens is 1000 g/mol. The minimum Gasteiger partial charge on any atom is -0.382 e. The van der Waals surface area contributed by atoms with Crippen LogP contribution in [0.5, 0.6) is 0 Å². The van der Waals surface area contributed by atoms with E-state index in [1.807, 2.05) is 29.6 Å². The van der Waals surface area contributed by atoms with Crippen LogP contribution < -0.4 is 31.8 Å². The highest BCUT2D eigenvalue weighted by atomic mass is 32.1. The van der Waals surface area contributed by atoms with Gasteiger partial charge in [0.25, 0.3) is 16.7 Å². The quantitative estimate of drug-likeness (QED) is 0.110. The fraction of sp³-hybridized carbons (Fsp3) is 0.460. The molecule has 21 nitrogen and oxygen atoms in total. The van der Waals surface area contributed by atoms with Gasteiger partial charge in [-0.2, -0.15) is 0 Å². The molecule has 9 aromatic rings. The summed E-state index contributed by atoms with van der Waals surface area (Å²) in [6.07, 6.45) is 25.9. The summed E-state index contributed by atoms with van der Waals surface area (Å²) in [5, 5.41) is 27.7. The second kappa shape index (κ2) is 21.1. The van der Waals surface area contributed by atoms with Crippen molar-refractivity contribution in [3.05, 3.63) is 94.9 Å². The first-order chi connectivity index (χ1) is 35.8. The van der Waals surface area contributed by atoms with E-state index in [1.54, 1.807) is 60.4 Å². The molecule has 1 N–H and O–H groups in total. The lowest BCUT2D eigenvalue weighted by Crippen LogP contribution is -2.26. The number of thiophene rings is 3. The average Bonchev–Trinajstić information content (AvgIpc) is 4.14. The van der Waals surface area contributed by atoms with Gasteiger partial charge in [0.2, 0.25) is 0 Å². The third kappa shape index (κ3) is 9.20. The zero-order chi connectivity index (χ0) is 51.9. The van der Waals surface area contributed by atoms with Crippen LogP contribution in [0.25, 0.3) is 61.3 Å². The van der Waals surface area contributed by atoms with E-state index < -0.39 is 9.85 Å².